The molecule has 29 heavy (non-hydrogen) atoms. The second-order valence-electron chi connectivity index (χ2n) is 7.08. The van der Waals surface area contributed by atoms with Crippen molar-refractivity contribution in [1.29, 1.82) is 0 Å². The summed E-state index contributed by atoms with van der Waals surface area (Å²) in [5, 5.41) is 0. The number of ketones is 2. The minimum absolute atomic E-state index is 0.0196. The van der Waals surface area contributed by atoms with Gasteiger partial charge in [-0.3, -0.25) is 9.59 Å². The van der Waals surface area contributed by atoms with Gasteiger partial charge in [-0.2, -0.15) is 26.3 Å². The first-order chi connectivity index (χ1) is 13.3. The van der Waals surface area contributed by atoms with Gasteiger partial charge in [-0.1, -0.05) is 44.0 Å². The van der Waals surface area contributed by atoms with Crippen molar-refractivity contribution in [3.05, 3.63) is 46.5 Å². The predicted molar refractivity (Wildman–Crippen MR) is 91.4 cm³/mol. The summed E-state index contributed by atoms with van der Waals surface area (Å²) in [6.07, 6.45) is -14.2. The highest BCUT2D eigenvalue weighted by molar-refractivity contribution is 6.26. The number of benzene rings is 1. The minimum atomic E-state index is -6.22. The summed E-state index contributed by atoms with van der Waals surface area (Å²) in [7, 11) is 0. The van der Waals surface area contributed by atoms with Gasteiger partial charge in [-0.05, 0) is 19.3 Å². The third-order valence-corrected chi connectivity index (χ3v) is 5.15. The highest BCUT2D eigenvalue weighted by Gasteiger charge is 2.72. The van der Waals surface area contributed by atoms with Gasteiger partial charge in [0.1, 0.15) is 0 Å². The highest BCUT2D eigenvalue weighted by Crippen LogP contribution is 2.51. The number of carbonyl (C=O) groups is 2. The molecule has 1 aliphatic carbocycles. The molecule has 2 rings (SSSR count). The number of rotatable bonds is 6. The normalized spacial score (nSPS) is 16.9. The number of allylic oxidation sites excluding steroid dienone is 2. The molecule has 1 aromatic carbocycles. The number of fused-ring (bicyclic) bond motifs is 1. The van der Waals surface area contributed by atoms with E-state index in [9.17, 15) is 40.3 Å². The second kappa shape index (κ2) is 7.91. The first-order valence-electron chi connectivity index (χ1n) is 8.97. The fraction of sp³-hybridized carbons (Fsp3) is 0.500. The molecule has 0 saturated carbocycles. The molecule has 1 atom stereocenters. The molecule has 0 saturated heterocycles. The quantitative estimate of drug-likeness (QED) is 0.495. The summed E-state index contributed by atoms with van der Waals surface area (Å²) >= 11 is 0. The van der Waals surface area contributed by atoms with Crippen molar-refractivity contribution in [3.63, 3.8) is 0 Å². The van der Waals surface area contributed by atoms with Crippen LogP contribution in [0, 0.1) is 5.92 Å². The Balaban J connectivity index is 2.59. The van der Waals surface area contributed by atoms with Crippen LogP contribution in [0.5, 0.6) is 0 Å². The summed E-state index contributed by atoms with van der Waals surface area (Å²) in [5.74, 6) is -3.22. The van der Waals surface area contributed by atoms with Crippen molar-refractivity contribution >= 4 is 11.6 Å². The van der Waals surface area contributed by atoms with E-state index in [4.69, 9.17) is 0 Å². The van der Waals surface area contributed by atoms with Crippen LogP contribution in [0.2, 0.25) is 0 Å². The zero-order valence-electron chi connectivity index (χ0n) is 15.7. The molecule has 0 N–H and O–H groups in total. The molecular weight excluding hydrogens is 405 g/mol. The van der Waals surface area contributed by atoms with Crippen molar-refractivity contribution in [2.45, 2.75) is 57.6 Å². The zero-order chi connectivity index (χ0) is 22.2. The van der Waals surface area contributed by atoms with Crippen LogP contribution in [-0.4, -0.2) is 29.6 Å². The van der Waals surface area contributed by atoms with E-state index in [-0.39, 0.29) is 29.5 Å². The summed E-state index contributed by atoms with van der Waals surface area (Å²) in [6.45, 7) is 2.82. The molecule has 1 aliphatic rings. The van der Waals surface area contributed by atoms with Crippen LogP contribution in [0.25, 0.3) is 0 Å². The number of alkyl halides is 7. The Hall–Kier alpha value is -2.19. The molecule has 0 aliphatic heterocycles. The van der Waals surface area contributed by atoms with E-state index in [1.807, 2.05) is 0 Å². The topological polar surface area (TPSA) is 34.1 Å². The first-order valence-corrected chi connectivity index (χ1v) is 8.97. The third-order valence-electron chi connectivity index (χ3n) is 5.15. The molecule has 0 aromatic heterocycles. The van der Waals surface area contributed by atoms with Gasteiger partial charge >= 0.3 is 12.4 Å². The van der Waals surface area contributed by atoms with Crippen LogP contribution < -0.4 is 0 Å². The van der Waals surface area contributed by atoms with Gasteiger partial charge in [0.2, 0.25) is 0 Å². The van der Waals surface area contributed by atoms with E-state index in [2.05, 4.69) is 0 Å². The monoisotopic (exact) mass is 424 g/mol. The van der Waals surface area contributed by atoms with E-state index >= 15 is 0 Å². The molecule has 160 valence electrons. The molecule has 0 fully saturated rings. The Kier molecular flexibility index (Phi) is 6.30. The van der Waals surface area contributed by atoms with Crippen molar-refractivity contribution < 1.29 is 40.3 Å². The molecule has 1 aromatic rings. The van der Waals surface area contributed by atoms with Crippen molar-refractivity contribution in [1.82, 2.24) is 0 Å². The van der Waals surface area contributed by atoms with Crippen LogP contribution in [0.3, 0.4) is 0 Å². The first kappa shape index (κ1) is 23.1. The fourth-order valence-electron chi connectivity index (χ4n) is 3.54. The van der Waals surface area contributed by atoms with Crippen LogP contribution in [0.1, 0.15) is 60.2 Å². The van der Waals surface area contributed by atoms with E-state index in [1.165, 1.54) is 31.2 Å². The van der Waals surface area contributed by atoms with Gasteiger partial charge in [-0.25, -0.2) is 4.39 Å². The van der Waals surface area contributed by atoms with Gasteiger partial charge in [0.25, 0.3) is 5.67 Å². The van der Waals surface area contributed by atoms with Gasteiger partial charge in [0.15, 0.2) is 11.6 Å². The van der Waals surface area contributed by atoms with Crippen LogP contribution in [-0.2, 0) is 0 Å². The van der Waals surface area contributed by atoms with E-state index in [0.29, 0.717) is 6.42 Å². The molecule has 0 amide bonds. The molecule has 0 bridgehead atoms. The number of halogens is 7. The number of hydrogen-bond acceptors (Lipinski definition) is 2. The molecule has 0 radical (unpaired) electrons. The van der Waals surface area contributed by atoms with Crippen LogP contribution in [0.4, 0.5) is 30.7 Å². The number of carbonyl (C=O) groups excluding carboxylic acids is 2. The average molecular weight is 424 g/mol. The fourth-order valence-corrected chi connectivity index (χ4v) is 3.54. The highest BCUT2D eigenvalue weighted by atomic mass is 19.4. The maximum Gasteiger partial charge on any atom is 0.431 e. The molecule has 0 spiro atoms. The maximum absolute atomic E-state index is 14.4. The standard InChI is InChI=1S/C20H19F7O2/c1-3-4-7-12(10-18(21,19(22,23)24)20(25,26)27)15-11(2)16(28)13-8-5-6-9-14(13)17(15)29/h5-6,8-9,12H,3-4,7,10H2,1-2H3. The lowest BCUT2D eigenvalue weighted by Crippen LogP contribution is -2.54. The lowest BCUT2D eigenvalue weighted by molar-refractivity contribution is -0.345. The molecule has 1 unspecified atom stereocenters. The van der Waals surface area contributed by atoms with Crippen LogP contribution in [0.15, 0.2) is 35.4 Å². The lowest BCUT2D eigenvalue weighted by Gasteiger charge is -2.35. The minimum Gasteiger partial charge on any atom is -0.289 e. The van der Waals surface area contributed by atoms with Crippen LogP contribution >= 0.6 is 0 Å². The van der Waals surface area contributed by atoms with E-state index in [1.54, 1.807) is 6.92 Å². The Morgan fingerprint density at radius 1 is 0.862 bits per heavy atom. The SMILES string of the molecule is CCCCC(CC(F)(C(F)(F)F)C(F)(F)F)C1=C(C)C(=O)c2ccccc2C1=O. The third kappa shape index (κ3) is 4.09. The summed E-state index contributed by atoms with van der Waals surface area (Å²) in [5.41, 5.74) is -6.31. The number of hydrogen-bond donors (Lipinski definition) is 0. The average Bonchev–Trinajstić information content (AvgIpc) is 2.62. The Labute approximate surface area is 162 Å². The number of Topliss-reactive ketones (excluding diaryl/α,β-unsaturated/α-hetero) is 2. The number of unbranched alkanes of at least 4 members (excludes halogenated alkanes) is 1. The molecular formula is C20H19F7O2. The van der Waals surface area contributed by atoms with E-state index in [0.717, 1.165) is 0 Å². The Bertz CT molecular complexity index is 820. The van der Waals surface area contributed by atoms with Gasteiger partial charge in [-0.15, -0.1) is 0 Å². The molecule has 2 nitrogen and oxygen atoms in total. The summed E-state index contributed by atoms with van der Waals surface area (Å²) in [6, 6.07) is 5.53. The molecule has 0 heterocycles. The summed E-state index contributed by atoms with van der Waals surface area (Å²) in [4.78, 5) is 25.4. The van der Waals surface area contributed by atoms with Gasteiger partial charge in [0.05, 0.1) is 0 Å². The maximum atomic E-state index is 14.4. The smallest absolute Gasteiger partial charge is 0.289 e. The van der Waals surface area contributed by atoms with Gasteiger partial charge in [0, 0.05) is 28.7 Å². The van der Waals surface area contributed by atoms with Gasteiger partial charge < -0.3 is 0 Å². The Morgan fingerprint density at radius 2 is 1.34 bits per heavy atom. The van der Waals surface area contributed by atoms with Crippen molar-refractivity contribution in [3.8, 4) is 0 Å². The van der Waals surface area contributed by atoms with Crippen molar-refractivity contribution in [2.75, 3.05) is 0 Å². The predicted octanol–water partition coefficient (Wildman–Crippen LogP) is 6.41. The molecule has 9 heteroatoms. The lowest BCUT2D eigenvalue weighted by atomic mass is 9.74. The second-order valence-corrected chi connectivity index (χ2v) is 7.08. The zero-order valence-corrected chi connectivity index (χ0v) is 15.7. The Morgan fingerprint density at radius 3 is 1.79 bits per heavy atom. The largest absolute Gasteiger partial charge is 0.431 e. The summed E-state index contributed by atoms with van der Waals surface area (Å²) < 4.78 is 93.0. The van der Waals surface area contributed by atoms with E-state index < -0.39 is 47.5 Å². The van der Waals surface area contributed by atoms with Crippen molar-refractivity contribution in [2.24, 2.45) is 5.92 Å².